The van der Waals surface area contributed by atoms with Crippen LogP contribution in [0.1, 0.15) is 44.4 Å². The molecule has 0 bridgehead atoms. The minimum atomic E-state index is -4.60. The Morgan fingerprint density at radius 3 is 2.41 bits per heavy atom. The maximum Gasteiger partial charge on any atom is 0.416 e. The van der Waals surface area contributed by atoms with E-state index < -0.39 is 45.6 Å². The van der Waals surface area contributed by atoms with Crippen LogP contribution in [0.4, 0.5) is 18.0 Å². The quantitative estimate of drug-likeness (QED) is 0.565. The van der Waals surface area contributed by atoms with E-state index in [1.54, 1.807) is 39.8 Å². The minimum absolute atomic E-state index is 0.0000803. The van der Waals surface area contributed by atoms with Crippen LogP contribution in [0.15, 0.2) is 53.4 Å². The van der Waals surface area contributed by atoms with Crippen LogP contribution in [0, 0.1) is 5.92 Å². The van der Waals surface area contributed by atoms with Crippen molar-refractivity contribution in [3.63, 3.8) is 0 Å². The standard InChI is InChI=1S/C26H33F3N2O5S/c1-17-12-19-14-20(26(27,28)29)10-11-23(19)37(34,35)31(15-17)16-22(32)21(13-18-8-6-5-7-9-18)30-24(33)36-25(2,3)4/h5-11,14,17,21-22,32H,12-13,15-16H2,1-4H3,(H,30,33)/t17-,21+,22-/m1/s1. The number of fused-ring (bicyclic) bond motifs is 1. The molecule has 11 heteroatoms. The number of halogens is 3. The molecular weight excluding hydrogens is 509 g/mol. The Bertz CT molecular complexity index is 1200. The predicted octanol–water partition coefficient (Wildman–Crippen LogP) is 4.39. The number of hydrogen-bond acceptors (Lipinski definition) is 5. The number of nitrogens with zero attached hydrogens (tertiary/aromatic N) is 1. The van der Waals surface area contributed by atoms with Gasteiger partial charge in [-0.3, -0.25) is 0 Å². The Kier molecular flexibility index (Phi) is 8.60. The van der Waals surface area contributed by atoms with Crippen LogP contribution in [0.5, 0.6) is 0 Å². The molecule has 37 heavy (non-hydrogen) atoms. The Balaban J connectivity index is 1.88. The number of nitrogens with one attached hydrogen (secondary N) is 1. The fourth-order valence-corrected chi connectivity index (χ4v) is 6.10. The summed E-state index contributed by atoms with van der Waals surface area (Å²) >= 11 is 0. The zero-order chi connectivity index (χ0) is 27.6. The Morgan fingerprint density at radius 1 is 1.16 bits per heavy atom. The SMILES string of the molecule is C[C@@H]1Cc2cc(C(F)(F)F)ccc2S(=O)(=O)N(C[C@@H](O)[C@H](Cc2ccccc2)NC(=O)OC(C)(C)C)C1. The predicted molar refractivity (Wildman–Crippen MR) is 132 cm³/mol. The number of aliphatic hydroxyl groups is 1. The molecule has 7 nitrogen and oxygen atoms in total. The lowest BCUT2D eigenvalue weighted by atomic mass is 9.98. The average Bonchev–Trinajstić information content (AvgIpc) is 2.85. The first kappa shape index (κ1) is 28.9. The van der Waals surface area contributed by atoms with Gasteiger partial charge in [0.15, 0.2) is 0 Å². The van der Waals surface area contributed by atoms with Crippen molar-refractivity contribution in [2.24, 2.45) is 5.92 Å². The topological polar surface area (TPSA) is 95.9 Å². The molecule has 2 aromatic rings. The number of carbonyl (C=O) groups excluding carboxylic acids is 1. The van der Waals surface area contributed by atoms with Crippen molar-refractivity contribution in [3.05, 3.63) is 65.2 Å². The summed E-state index contributed by atoms with van der Waals surface area (Å²) in [6.45, 7) is 6.47. The molecule has 2 aromatic carbocycles. The molecule has 3 rings (SSSR count). The van der Waals surface area contributed by atoms with Gasteiger partial charge >= 0.3 is 12.3 Å². The van der Waals surface area contributed by atoms with Crippen LogP contribution < -0.4 is 5.32 Å². The van der Waals surface area contributed by atoms with Gasteiger partial charge in [0.2, 0.25) is 10.0 Å². The molecule has 0 aromatic heterocycles. The third kappa shape index (κ3) is 7.68. The van der Waals surface area contributed by atoms with E-state index in [1.807, 2.05) is 18.2 Å². The van der Waals surface area contributed by atoms with Crippen LogP contribution >= 0.6 is 0 Å². The summed E-state index contributed by atoms with van der Waals surface area (Å²) in [4.78, 5) is 12.3. The van der Waals surface area contributed by atoms with E-state index in [0.29, 0.717) is 0 Å². The highest BCUT2D eigenvalue weighted by molar-refractivity contribution is 7.89. The van der Waals surface area contributed by atoms with Crippen molar-refractivity contribution in [2.75, 3.05) is 13.1 Å². The van der Waals surface area contributed by atoms with E-state index in [0.717, 1.165) is 28.1 Å². The largest absolute Gasteiger partial charge is 0.444 e. The number of aliphatic hydroxyl groups excluding tert-OH is 1. The van der Waals surface area contributed by atoms with E-state index >= 15 is 0 Å². The molecule has 0 spiro atoms. The molecule has 1 aliphatic rings. The van der Waals surface area contributed by atoms with E-state index in [-0.39, 0.29) is 42.3 Å². The molecule has 204 valence electrons. The Labute approximate surface area is 215 Å². The van der Waals surface area contributed by atoms with E-state index in [1.165, 1.54) is 0 Å². The van der Waals surface area contributed by atoms with Crippen LogP contribution in [0.3, 0.4) is 0 Å². The highest BCUT2D eigenvalue weighted by Gasteiger charge is 2.38. The number of hydrogen-bond donors (Lipinski definition) is 2. The summed E-state index contributed by atoms with van der Waals surface area (Å²) < 4.78 is 73.1. The Morgan fingerprint density at radius 2 is 1.81 bits per heavy atom. The molecule has 0 aliphatic carbocycles. The number of ether oxygens (including phenoxy) is 1. The molecule has 0 radical (unpaired) electrons. The van der Waals surface area contributed by atoms with Crippen molar-refractivity contribution in [1.82, 2.24) is 9.62 Å². The lowest BCUT2D eigenvalue weighted by Gasteiger charge is -2.30. The summed E-state index contributed by atoms with van der Waals surface area (Å²) in [5.41, 5.74) is -0.798. The third-order valence-corrected chi connectivity index (χ3v) is 7.88. The van der Waals surface area contributed by atoms with Crippen LogP contribution in [-0.2, 0) is 33.8 Å². The number of sulfonamides is 1. The fourth-order valence-electron chi connectivity index (χ4n) is 4.31. The maximum absolute atomic E-state index is 13.5. The summed E-state index contributed by atoms with van der Waals surface area (Å²) in [5.74, 6) is -0.307. The van der Waals surface area contributed by atoms with E-state index in [4.69, 9.17) is 4.74 Å². The summed E-state index contributed by atoms with van der Waals surface area (Å²) in [5, 5.41) is 13.8. The maximum atomic E-state index is 13.5. The van der Waals surface area contributed by atoms with Crippen molar-refractivity contribution in [3.8, 4) is 0 Å². The zero-order valence-corrected chi connectivity index (χ0v) is 22.1. The van der Waals surface area contributed by atoms with Gasteiger partial charge in [-0.15, -0.1) is 0 Å². The van der Waals surface area contributed by atoms with Gasteiger partial charge in [-0.2, -0.15) is 17.5 Å². The van der Waals surface area contributed by atoms with Gasteiger partial charge in [0.1, 0.15) is 5.60 Å². The lowest BCUT2D eigenvalue weighted by Crippen LogP contribution is -2.51. The van der Waals surface area contributed by atoms with Crippen LogP contribution in [-0.4, -0.2) is 54.8 Å². The van der Waals surface area contributed by atoms with Crippen molar-refractivity contribution >= 4 is 16.1 Å². The van der Waals surface area contributed by atoms with Gasteiger partial charge in [-0.05, 0) is 68.9 Å². The van der Waals surface area contributed by atoms with E-state index in [2.05, 4.69) is 5.32 Å². The van der Waals surface area contributed by atoms with Crippen molar-refractivity contribution in [2.45, 2.75) is 69.4 Å². The number of carbonyl (C=O) groups is 1. The molecule has 0 saturated heterocycles. The van der Waals surface area contributed by atoms with Gasteiger partial charge in [0.05, 0.1) is 22.6 Å². The highest BCUT2D eigenvalue weighted by atomic mass is 32.2. The van der Waals surface area contributed by atoms with Gasteiger partial charge in [-0.25, -0.2) is 13.2 Å². The lowest BCUT2D eigenvalue weighted by molar-refractivity contribution is -0.137. The molecule has 1 amide bonds. The third-order valence-electron chi connectivity index (χ3n) is 5.95. The van der Waals surface area contributed by atoms with E-state index in [9.17, 15) is 31.5 Å². The number of β-amino-alcohol motifs (C(OH)–C–C–N with tert-alkyl or cyclic N) is 1. The number of rotatable bonds is 6. The molecule has 0 saturated carbocycles. The second-order valence-corrected chi connectivity index (χ2v) is 12.4. The highest BCUT2D eigenvalue weighted by Crippen LogP contribution is 2.35. The van der Waals surface area contributed by atoms with Gasteiger partial charge in [-0.1, -0.05) is 37.3 Å². The van der Waals surface area contributed by atoms with Gasteiger partial charge < -0.3 is 15.2 Å². The average molecular weight is 543 g/mol. The Hall–Kier alpha value is -2.63. The first-order valence-electron chi connectivity index (χ1n) is 12.0. The minimum Gasteiger partial charge on any atom is -0.444 e. The van der Waals surface area contributed by atoms with Gasteiger partial charge in [0, 0.05) is 13.1 Å². The first-order chi connectivity index (χ1) is 17.1. The molecule has 0 fully saturated rings. The van der Waals surface area contributed by atoms with Crippen LogP contribution in [0.25, 0.3) is 0 Å². The monoisotopic (exact) mass is 542 g/mol. The number of alkyl halides is 3. The molecule has 1 aliphatic heterocycles. The second kappa shape index (κ2) is 11.0. The first-order valence-corrected chi connectivity index (χ1v) is 13.4. The molecule has 1 heterocycles. The number of benzene rings is 2. The zero-order valence-electron chi connectivity index (χ0n) is 21.2. The second-order valence-electron chi connectivity index (χ2n) is 10.5. The molecule has 3 atom stereocenters. The number of alkyl carbamates (subject to hydrolysis) is 1. The molecular formula is C26H33F3N2O5S. The van der Waals surface area contributed by atoms with Crippen molar-refractivity contribution < 1.29 is 36.2 Å². The summed E-state index contributed by atoms with van der Waals surface area (Å²) in [6.07, 6.45) is -6.34. The molecule has 2 N–H and O–H groups in total. The smallest absolute Gasteiger partial charge is 0.416 e. The summed E-state index contributed by atoms with van der Waals surface area (Å²) in [6, 6.07) is 10.8. The van der Waals surface area contributed by atoms with Gasteiger partial charge in [0.25, 0.3) is 0 Å². The molecule has 0 unspecified atom stereocenters. The fraction of sp³-hybridized carbons (Fsp3) is 0.500. The number of amides is 1. The van der Waals surface area contributed by atoms with Crippen LogP contribution in [0.2, 0.25) is 0 Å². The van der Waals surface area contributed by atoms with Crippen molar-refractivity contribution in [1.29, 1.82) is 0 Å². The summed E-state index contributed by atoms with van der Waals surface area (Å²) in [7, 11) is -4.21. The normalized spacial score (nSPS) is 19.8.